The van der Waals surface area contributed by atoms with E-state index in [4.69, 9.17) is 15.7 Å². The van der Waals surface area contributed by atoms with Crippen LogP contribution in [0.5, 0.6) is 0 Å². The highest BCUT2D eigenvalue weighted by Gasteiger charge is 2.28. The molecule has 6 N–H and O–H groups in total. The number of nitrogens with one attached hydrogen (secondary N) is 2. The van der Waals surface area contributed by atoms with Crippen LogP contribution >= 0.6 is 8.03 Å². The van der Waals surface area contributed by atoms with Crippen molar-refractivity contribution in [2.75, 3.05) is 6.16 Å². The van der Waals surface area contributed by atoms with Crippen molar-refractivity contribution in [2.45, 2.75) is 57.7 Å². The Bertz CT molecular complexity index is 445. The third-order valence-electron chi connectivity index (χ3n) is 3.14. The summed E-state index contributed by atoms with van der Waals surface area (Å²) in [7, 11) is -3.06. The fourth-order valence-electron chi connectivity index (χ4n) is 1.93. The van der Waals surface area contributed by atoms with Gasteiger partial charge >= 0.3 is 5.97 Å². The van der Waals surface area contributed by atoms with Gasteiger partial charge in [0.2, 0.25) is 11.8 Å². The number of hydrogen-bond acceptors (Lipinski definition) is 5. The van der Waals surface area contributed by atoms with Crippen LogP contribution in [0.3, 0.4) is 0 Å². The van der Waals surface area contributed by atoms with Crippen LogP contribution in [-0.2, 0) is 18.9 Å². The van der Waals surface area contributed by atoms with Crippen molar-refractivity contribution in [1.82, 2.24) is 10.6 Å². The molecule has 0 radical (unpaired) electrons. The van der Waals surface area contributed by atoms with E-state index in [1.165, 1.54) is 0 Å². The van der Waals surface area contributed by atoms with E-state index in [-0.39, 0.29) is 0 Å². The first-order valence-corrected chi connectivity index (χ1v) is 9.10. The second-order valence-corrected chi connectivity index (χ2v) is 6.44. The number of nitrogens with two attached hydrogens (primary N) is 1. The highest BCUT2D eigenvalue weighted by molar-refractivity contribution is 7.38. The molecule has 4 atom stereocenters. The van der Waals surface area contributed by atoms with Gasteiger partial charge in [-0.1, -0.05) is 26.7 Å². The molecule has 134 valence electrons. The molecule has 9 nitrogen and oxygen atoms in total. The zero-order chi connectivity index (χ0) is 18.0. The summed E-state index contributed by atoms with van der Waals surface area (Å²) in [6.45, 7) is 3.68. The van der Waals surface area contributed by atoms with E-state index in [1.54, 1.807) is 6.92 Å². The molecule has 2 unspecified atom stereocenters. The van der Waals surface area contributed by atoms with Crippen LogP contribution in [-0.4, -0.2) is 52.1 Å². The predicted molar refractivity (Wildman–Crippen MR) is 85.4 cm³/mol. The average Bonchev–Trinajstić information content (AvgIpc) is 2.45. The van der Waals surface area contributed by atoms with Crippen LogP contribution in [0.25, 0.3) is 0 Å². The van der Waals surface area contributed by atoms with Crippen LogP contribution in [0.1, 0.15) is 39.5 Å². The first-order valence-electron chi connectivity index (χ1n) is 7.53. The lowest BCUT2D eigenvalue weighted by Gasteiger charge is -2.22. The molecule has 0 saturated carbocycles. The van der Waals surface area contributed by atoms with Gasteiger partial charge in [0.25, 0.3) is 0 Å². The summed E-state index contributed by atoms with van der Waals surface area (Å²) in [5, 5.41) is 13.6. The number of hydrogen-bond donors (Lipinski definition) is 5. The van der Waals surface area contributed by atoms with E-state index in [0.29, 0.717) is 25.7 Å². The van der Waals surface area contributed by atoms with E-state index >= 15 is 0 Å². The summed E-state index contributed by atoms with van der Waals surface area (Å²) in [6, 6.07) is -3.14. The maximum absolute atomic E-state index is 12.1. The molecular formula is C13H26N3O6P. The Morgan fingerprint density at radius 3 is 2.00 bits per heavy atom. The number of rotatable bonds is 11. The molecule has 0 aromatic heterocycles. The van der Waals surface area contributed by atoms with Crippen LogP contribution in [0.2, 0.25) is 0 Å². The van der Waals surface area contributed by atoms with Gasteiger partial charge in [-0.15, -0.1) is 0 Å². The van der Waals surface area contributed by atoms with Crippen molar-refractivity contribution >= 4 is 25.8 Å². The van der Waals surface area contributed by atoms with Gasteiger partial charge in [0.15, 0.2) is 8.03 Å². The molecule has 0 aliphatic heterocycles. The van der Waals surface area contributed by atoms with E-state index in [1.807, 2.05) is 6.92 Å². The molecule has 0 bridgehead atoms. The summed E-state index contributed by atoms with van der Waals surface area (Å²) in [5.41, 5.74) is 5.68. The van der Waals surface area contributed by atoms with E-state index in [9.17, 15) is 18.9 Å². The van der Waals surface area contributed by atoms with Crippen LogP contribution in [0, 0.1) is 0 Å². The number of carboxylic acids is 1. The topological polar surface area (TPSA) is 159 Å². The highest BCUT2D eigenvalue weighted by atomic mass is 31.1. The molecule has 0 aliphatic rings. The zero-order valence-corrected chi connectivity index (χ0v) is 14.4. The molecule has 2 amide bonds. The summed E-state index contributed by atoms with van der Waals surface area (Å²) in [6.07, 6.45) is 1.50. The molecule has 0 aliphatic carbocycles. The lowest BCUT2D eigenvalue weighted by Crippen LogP contribution is -2.54. The van der Waals surface area contributed by atoms with Gasteiger partial charge in [0.1, 0.15) is 12.1 Å². The molecule has 0 saturated heterocycles. The summed E-state index contributed by atoms with van der Waals surface area (Å²) in [5.74, 6) is -2.60. The molecule has 23 heavy (non-hydrogen) atoms. The third-order valence-corrected chi connectivity index (χ3v) is 3.90. The molecule has 10 heteroatoms. The first kappa shape index (κ1) is 21.6. The second-order valence-electron chi connectivity index (χ2n) is 5.24. The fourth-order valence-corrected chi connectivity index (χ4v) is 2.55. The number of carbonyl (C=O) groups excluding carboxylic acids is 2. The Balaban J connectivity index is 4.86. The lowest BCUT2D eigenvalue weighted by atomic mass is 10.1. The van der Waals surface area contributed by atoms with Crippen LogP contribution in [0.4, 0.5) is 0 Å². The van der Waals surface area contributed by atoms with Crippen LogP contribution < -0.4 is 16.4 Å². The quantitative estimate of drug-likeness (QED) is 0.312. The van der Waals surface area contributed by atoms with E-state index in [2.05, 4.69) is 10.6 Å². The normalized spacial score (nSPS) is 16.0. The van der Waals surface area contributed by atoms with Gasteiger partial charge in [-0.05, 0) is 12.8 Å². The maximum Gasteiger partial charge on any atom is 0.326 e. The number of carboxylic acid groups (broad SMARTS) is 1. The summed E-state index contributed by atoms with van der Waals surface area (Å²) < 4.78 is 10.8. The summed E-state index contributed by atoms with van der Waals surface area (Å²) in [4.78, 5) is 43.9. The standard InChI is InChI=1S/C13H26N3O6P/c1-3-5-8(14)11(17)15-9(6-4-2)12(18)16-10(13(19)20)7-23(21)22/h8-10,23H,3-7,14H2,1-2H3,(H,15,17)(H,16,18)(H,19,20)(H,21,22)/t8-,9-,10?/m0/s1. The van der Waals surface area contributed by atoms with Gasteiger partial charge in [-0.3, -0.25) is 14.2 Å². The fraction of sp³-hybridized carbons (Fsp3) is 0.769. The molecule has 0 rings (SSSR count). The molecule has 0 fully saturated rings. The predicted octanol–water partition coefficient (Wildman–Crippen LogP) is -0.565. The van der Waals surface area contributed by atoms with Gasteiger partial charge in [0, 0.05) is 0 Å². The van der Waals surface area contributed by atoms with Crippen molar-refractivity contribution in [3.63, 3.8) is 0 Å². The van der Waals surface area contributed by atoms with E-state index < -0.39 is 50.1 Å². The number of aliphatic carboxylic acids is 1. The molecule has 0 heterocycles. The summed E-state index contributed by atoms with van der Waals surface area (Å²) >= 11 is 0. The first-order chi connectivity index (χ1) is 10.7. The molecule has 0 aromatic rings. The number of carbonyl (C=O) groups is 3. The van der Waals surface area contributed by atoms with Gasteiger partial charge in [-0.2, -0.15) is 0 Å². The Labute approximate surface area is 135 Å². The van der Waals surface area contributed by atoms with Gasteiger partial charge in [-0.25, -0.2) is 4.79 Å². The maximum atomic E-state index is 12.1. The average molecular weight is 351 g/mol. The Morgan fingerprint density at radius 1 is 1.04 bits per heavy atom. The van der Waals surface area contributed by atoms with Gasteiger partial charge in [0.05, 0.1) is 12.2 Å². The minimum Gasteiger partial charge on any atom is -0.480 e. The Hall–Kier alpha value is -1.44. The SMILES string of the molecule is CCC[C@H](NC(=O)[C@@H](N)CCC)C(=O)NC(C[PH](=O)O)C(=O)O. The van der Waals surface area contributed by atoms with Gasteiger partial charge < -0.3 is 26.4 Å². The van der Waals surface area contributed by atoms with Crippen LogP contribution in [0.15, 0.2) is 0 Å². The molecular weight excluding hydrogens is 325 g/mol. The molecule has 0 spiro atoms. The van der Waals surface area contributed by atoms with Crippen molar-refractivity contribution < 1.29 is 28.9 Å². The number of amides is 2. The van der Waals surface area contributed by atoms with Crippen molar-refractivity contribution in [1.29, 1.82) is 0 Å². The minimum absolute atomic E-state index is 0.303. The minimum atomic E-state index is -3.06. The lowest BCUT2D eigenvalue weighted by molar-refractivity contribution is -0.141. The monoisotopic (exact) mass is 351 g/mol. The highest BCUT2D eigenvalue weighted by Crippen LogP contribution is 2.14. The van der Waals surface area contributed by atoms with Crippen molar-refractivity contribution in [2.24, 2.45) is 5.73 Å². The molecule has 0 aromatic carbocycles. The van der Waals surface area contributed by atoms with Crippen molar-refractivity contribution in [3.8, 4) is 0 Å². The second kappa shape index (κ2) is 11.2. The Kier molecular flexibility index (Phi) is 10.5. The van der Waals surface area contributed by atoms with E-state index in [0.717, 1.165) is 0 Å². The third kappa shape index (κ3) is 8.68. The largest absolute Gasteiger partial charge is 0.480 e. The van der Waals surface area contributed by atoms with Crippen molar-refractivity contribution in [3.05, 3.63) is 0 Å². The smallest absolute Gasteiger partial charge is 0.326 e. The Morgan fingerprint density at radius 2 is 1.57 bits per heavy atom. The zero-order valence-electron chi connectivity index (χ0n) is 13.4.